The molecular formula is C31H34O3. The molecule has 0 atom stereocenters. The molecule has 0 heterocycles. The summed E-state index contributed by atoms with van der Waals surface area (Å²) in [6, 6.07) is 23.7. The molecule has 2 saturated carbocycles. The highest BCUT2D eigenvalue weighted by Crippen LogP contribution is 2.35. The molecule has 0 amide bonds. The summed E-state index contributed by atoms with van der Waals surface area (Å²) in [6.07, 6.45) is 13.0. The van der Waals surface area contributed by atoms with Gasteiger partial charge in [-0.3, -0.25) is 0 Å². The third-order valence-corrected chi connectivity index (χ3v) is 7.46. The Balaban J connectivity index is 1.24. The van der Waals surface area contributed by atoms with Gasteiger partial charge in [-0.1, -0.05) is 74.9 Å². The zero-order valence-corrected chi connectivity index (χ0v) is 19.9. The van der Waals surface area contributed by atoms with Crippen molar-refractivity contribution in [1.82, 2.24) is 0 Å². The van der Waals surface area contributed by atoms with E-state index in [0.717, 1.165) is 5.75 Å². The molecule has 0 aliphatic heterocycles. The van der Waals surface area contributed by atoms with Gasteiger partial charge < -0.3 is 9.47 Å². The van der Waals surface area contributed by atoms with E-state index in [0.29, 0.717) is 28.9 Å². The van der Waals surface area contributed by atoms with Crippen molar-refractivity contribution in [3.8, 4) is 17.2 Å². The lowest BCUT2D eigenvalue weighted by Crippen LogP contribution is -2.10. The van der Waals surface area contributed by atoms with Gasteiger partial charge in [-0.25, -0.2) is 4.79 Å². The molecule has 2 fully saturated rings. The zero-order chi connectivity index (χ0) is 23.2. The summed E-state index contributed by atoms with van der Waals surface area (Å²) >= 11 is 0. The van der Waals surface area contributed by atoms with Gasteiger partial charge in [-0.2, -0.15) is 0 Å². The van der Waals surface area contributed by atoms with Crippen LogP contribution in [0.3, 0.4) is 0 Å². The van der Waals surface area contributed by atoms with Crippen LogP contribution in [-0.2, 0) is 0 Å². The van der Waals surface area contributed by atoms with Gasteiger partial charge >= 0.3 is 5.97 Å². The summed E-state index contributed by atoms with van der Waals surface area (Å²) in [5.41, 5.74) is 3.16. The van der Waals surface area contributed by atoms with E-state index in [-0.39, 0.29) is 0 Å². The molecule has 2 aliphatic rings. The third-order valence-electron chi connectivity index (χ3n) is 7.46. The Morgan fingerprint density at radius 3 is 1.65 bits per heavy atom. The maximum absolute atomic E-state index is 13.0. The summed E-state index contributed by atoms with van der Waals surface area (Å²) in [4.78, 5) is 13.0. The minimum atomic E-state index is -0.403. The number of para-hydroxylation sites is 1. The molecule has 3 aromatic carbocycles. The van der Waals surface area contributed by atoms with E-state index < -0.39 is 5.97 Å². The molecule has 176 valence electrons. The maximum Gasteiger partial charge on any atom is 0.347 e. The van der Waals surface area contributed by atoms with Crippen molar-refractivity contribution in [3.63, 3.8) is 0 Å². The van der Waals surface area contributed by atoms with E-state index in [1.54, 1.807) is 6.07 Å². The van der Waals surface area contributed by atoms with Gasteiger partial charge in [0.15, 0.2) is 0 Å². The van der Waals surface area contributed by atoms with Crippen LogP contribution in [-0.4, -0.2) is 5.97 Å². The Labute approximate surface area is 203 Å². The van der Waals surface area contributed by atoms with Crippen molar-refractivity contribution in [1.29, 1.82) is 0 Å². The lowest BCUT2D eigenvalue weighted by atomic mass is 9.84. The van der Waals surface area contributed by atoms with Crippen LogP contribution in [0.4, 0.5) is 0 Å². The number of carbonyl (C=O) groups is 1. The highest BCUT2D eigenvalue weighted by atomic mass is 16.5. The quantitative estimate of drug-likeness (QED) is 0.276. The molecular weight excluding hydrogens is 420 g/mol. The van der Waals surface area contributed by atoms with Crippen molar-refractivity contribution in [3.05, 3.63) is 89.5 Å². The van der Waals surface area contributed by atoms with Crippen LogP contribution in [0.1, 0.15) is 97.5 Å². The number of rotatable bonds is 6. The van der Waals surface area contributed by atoms with E-state index in [2.05, 4.69) is 24.3 Å². The van der Waals surface area contributed by atoms with Crippen LogP contribution in [0.25, 0.3) is 0 Å². The van der Waals surface area contributed by atoms with Crippen LogP contribution < -0.4 is 9.47 Å². The van der Waals surface area contributed by atoms with E-state index in [4.69, 9.17) is 9.47 Å². The normalized spacial score (nSPS) is 17.3. The largest absolute Gasteiger partial charge is 0.456 e. The molecule has 0 N–H and O–H groups in total. The van der Waals surface area contributed by atoms with Gasteiger partial charge in [-0.15, -0.1) is 0 Å². The fourth-order valence-electron chi connectivity index (χ4n) is 5.50. The van der Waals surface area contributed by atoms with E-state index in [1.165, 1.54) is 75.3 Å². The molecule has 3 heteroatoms. The van der Waals surface area contributed by atoms with E-state index in [9.17, 15) is 4.79 Å². The smallest absolute Gasteiger partial charge is 0.347 e. The van der Waals surface area contributed by atoms with Gasteiger partial charge in [0, 0.05) is 0 Å². The molecule has 34 heavy (non-hydrogen) atoms. The fraction of sp³-hybridized carbons (Fsp3) is 0.387. The topological polar surface area (TPSA) is 35.5 Å². The van der Waals surface area contributed by atoms with Gasteiger partial charge in [0.05, 0.1) is 0 Å². The first-order chi connectivity index (χ1) is 16.8. The third kappa shape index (κ3) is 5.52. The standard InChI is InChI=1S/C31H34O3/c32-31(34-28-21-17-26(18-22-28)24-11-5-2-6-12-24)29-13-7-8-14-30(29)33-27-19-15-25(16-20-27)23-9-3-1-4-10-23/h7-8,13-24H,1-6,9-12H2. The maximum atomic E-state index is 13.0. The molecule has 0 bridgehead atoms. The van der Waals surface area contributed by atoms with Crippen molar-refractivity contribution < 1.29 is 14.3 Å². The molecule has 0 saturated heterocycles. The summed E-state index contributed by atoms with van der Waals surface area (Å²) < 4.78 is 11.8. The Bertz CT molecular complexity index is 1070. The average Bonchev–Trinajstić information content (AvgIpc) is 2.91. The Morgan fingerprint density at radius 1 is 0.588 bits per heavy atom. The Kier molecular flexibility index (Phi) is 7.28. The number of hydrogen-bond acceptors (Lipinski definition) is 3. The molecule has 0 unspecified atom stereocenters. The average molecular weight is 455 g/mol. The minimum Gasteiger partial charge on any atom is -0.456 e. The molecule has 3 nitrogen and oxygen atoms in total. The first-order valence-corrected chi connectivity index (χ1v) is 13.0. The minimum absolute atomic E-state index is 0.403. The van der Waals surface area contributed by atoms with Gasteiger partial charge in [0.1, 0.15) is 22.8 Å². The zero-order valence-electron chi connectivity index (χ0n) is 19.9. The Hall–Kier alpha value is -3.07. The van der Waals surface area contributed by atoms with Gasteiger partial charge in [-0.05, 0) is 85.0 Å². The van der Waals surface area contributed by atoms with Gasteiger partial charge in [0.25, 0.3) is 0 Å². The van der Waals surface area contributed by atoms with Crippen molar-refractivity contribution >= 4 is 5.97 Å². The van der Waals surface area contributed by atoms with Crippen LogP contribution in [0.15, 0.2) is 72.8 Å². The molecule has 3 aromatic rings. The fourth-order valence-corrected chi connectivity index (χ4v) is 5.50. The van der Waals surface area contributed by atoms with Gasteiger partial charge in [0.2, 0.25) is 0 Å². The molecule has 0 radical (unpaired) electrons. The summed E-state index contributed by atoms with van der Waals surface area (Å²) in [7, 11) is 0. The predicted octanol–water partition coefficient (Wildman–Crippen LogP) is 8.79. The predicted molar refractivity (Wildman–Crippen MR) is 136 cm³/mol. The van der Waals surface area contributed by atoms with Crippen molar-refractivity contribution in [2.45, 2.75) is 76.0 Å². The number of carbonyl (C=O) groups excluding carboxylic acids is 1. The van der Waals surface area contributed by atoms with Crippen LogP contribution >= 0.6 is 0 Å². The second-order valence-corrected chi connectivity index (χ2v) is 9.80. The SMILES string of the molecule is O=C(Oc1ccc(C2CCCCC2)cc1)c1ccccc1Oc1ccc(C2CCCCC2)cc1. The second-order valence-electron chi connectivity index (χ2n) is 9.80. The first kappa shape index (κ1) is 22.7. The number of benzene rings is 3. The highest BCUT2D eigenvalue weighted by Gasteiger charge is 2.19. The van der Waals surface area contributed by atoms with Crippen LogP contribution in [0.5, 0.6) is 17.2 Å². The Morgan fingerprint density at radius 2 is 1.09 bits per heavy atom. The van der Waals surface area contributed by atoms with Crippen LogP contribution in [0, 0.1) is 0 Å². The van der Waals surface area contributed by atoms with Crippen molar-refractivity contribution in [2.75, 3.05) is 0 Å². The van der Waals surface area contributed by atoms with Crippen LogP contribution in [0.2, 0.25) is 0 Å². The monoisotopic (exact) mass is 454 g/mol. The number of esters is 1. The summed E-state index contributed by atoms with van der Waals surface area (Å²) in [5, 5.41) is 0. The number of ether oxygens (including phenoxy) is 2. The van der Waals surface area contributed by atoms with E-state index >= 15 is 0 Å². The second kappa shape index (κ2) is 10.9. The van der Waals surface area contributed by atoms with Crippen molar-refractivity contribution in [2.24, 2.45) is 0 Å². The summed E-state index contributed by atoms with van der Waals surface area (Å²) in [5.74, 6) is 2.70. The lowest BCUT2D eigenvalue weighted by molar-refractivity contribution is 0.0732. The lowest BCUT2D eigenvalue weighted by Gasteiger charge is -2.22. The molecule has 2 aliphatic carbocycles. The molecule has 5 rings (SSSR count). The summed E-state index contributed by atoms with van der Waals surface area (Å²) in [6.45, 7) is 0. The molecule has 0 spiro atoms. The highest BCUT2D eigenvalue weighted by molar-refractivity contribution is 5.94. The molecule has 0 aromatic heterocycles. The van der Waals surface area contributed by atoms with E-state index in [1.807, 2.05) is 42.5 Å². The number of hydrogen-bond donors (Lipinski definition) is 0. The first-order valence-electron chi connectivity index (χ1n) is 13.0.